The molecule has 1 aromatic carbocycles. The molecule has 33 heavy (non-hydrogen) atoms. The second-order valence-electron chi connectivity index (χ2n) is 8.53. The Morgan fingerprint density at radius 1 is 1.12 bits per heavy atom. The fourth-order valence-corrected chi connectivity index (χ4v) is 4.39. The van der Waals surface area contributed by atoms with E-state index >= 15 is 0 Å². The molecule has 0 saturated heterocycles. The van der Waals surface area contributed by atoms with E-state index in [1.165, 1.54) is 0 Å². The minimum Gasteiger partial charge on any atom is -0.393 e. The Labute approximate surface area is 191 Å². The second-order valence-corrected chi connectivity index (χ2v) is 8.53. The van der Waals surface area contributed by atoms with E-state index < -0.39 is 0 Å². The minimum absolute atomic E-state index is 0.178. The number of amides is 1. The topological polar surface area (TPSA) is 118 Å². The van der Waals surface area contributed by atoms with Crippen LogP contribution in [-0.4, -0.2) is 54.2 Å². The molecule has 9 nitrogen and oxygen atoms in total. The molecule has 0 unspecified atom stereocenters. The zero-order valence-electron chi connectivity index (χ0n) is 18.5. The minimum atomic E-state index is -0.212. The highest BCUT2D eigenvalue weighted by Crippen LogP contribution is 2.23. The lowest BCUT2D eigenvalue weighted by Gasteiger charge is -2.26. The molecule has 0 aliphatic heterocycles. The fourth-order valence-electron chi connectivity index (χ4n) is 4.39. The molecule has 3 heterocycles. The number of aliphatic hydroxyl groups is 1. The van der Waals surface area contributed by atoms with Crippen LogP contribution in [0.1, 0.15) is 41.9 Å². The van der Waals surface area contributed by atoms with E-state index in [1.807, 2.05) is 35.9 Å². The molecule has 3 aromatic heterocycles. The Bertz CT molecular complexity index is 1290. The molecule has 1 amide bonds. The van der Waals surface area contributed by atoms with Gasteiger partial charge in [-0.3, -0.25) is 4.79 Å². The number of carbonyl (C=O) groups excluding carboxylic acids is 1. The van der Waals surface area contributed by atoms with Crippen molar-refractivity contribution in [1.82, 2.24) is 29.8 Å². The summed E-state index contributed by atoms with van der Waals surface area (Å²) in [4.78, 5) is 31.0. The first-order valence-electron chi connectivity index (χ1n) is 11.3. The summed E-state index contributed by atoms with van der Waals surface area (Å²) >= 11 is 0. The molecule has 1 aliphatic carbocycles. The number of rotatable bonds is 6. The number of aromatic nitrogens is 5. The van der Waals surface area contributed by atoms with Gasteiger partial charge in [0.15, 0.2) is 5.65 Å². The number of para-hydroxylation sites is 1. The van der Waals surface area contributed by atoms with Gasteiger partial charge >= 0.3 is 0 Å². The van der Waals surface area contributed by atoms with E-state index in [0.717, 1.165) is 48.1 Å². The molecule has 4 aromatic rings. The Hall–Kier alpha value is -3.59. The van der Waals surface area contributed by atoms with Gasteiger partial charge in [-0.25, -0.2) is 19.9 Å². The third kappa shape index (κ3) is 4.49. The largest absolute Gasteiger partial charge is 0.393 e. The molecule has 0 radical (unpaired) electrons. The molecular weight excluding hydrogens is 418 g/mol. The third-order valence-corrected chi connectivity index (χ3v) is 6.24. The highest BCUT2D eigenvalue weighted by molar-refractivity contribution is 6.05. The molecule has 170 valence electrons. The van der Waals surface area contributed by atoms with Crippen LogP contribution < -0.4 is 10.6 Å². The zero-order valence-corrected chi connectivity index (χ0v) is 18.5. The summed E-state index contributed by atoms with van der Waals surface area (Å²) in [5.41, 5.74) is 2.82. The van der Waals surface area contributed by atoms with Gasteiger partial charge in [-0.15, -0.1) is 0 Å². The molecule has 5 rings (SSSR count). The van der Waals surface area contributed by atoms with E-state index in [4.69, 9.17) is 0 Å². The normalized spacial score (nSPS) is 18.5. The van der Waals surface area contributed by atoms with Crippen molar-refractivity contribution in [1.29, 1.82) is 0 Å². The van der Waals surface area contributed by atoms with Crippen LogP contribution in [0, 0.1) is 0 Å². The number of pyridine rings is 1. The van der Waals surface area contributed by atoms with E-state index in [9.17, 15) is 9.90 Å². The van der Waals surface area contributed by atoms with Crippen molar-refractivity contribution in [3.63, 3.8) is 0 Å². The number of nitrogens with zero attached hydrogens (tertiary/aromatic N) is 5. The number of fused-ring (bicyclic) bond motifs is 2. The average molecular weight is 446 g/mol. The summed E-state index contributed by atoms with van der Waals surface area (Å²) in [6, 6.07) is 9.55. The van der Waals surface area contributed by atoms with E-state index in [2.05, 4.69) is 30.6 Å². The van der Waals surface area contributed by atoms with Crippen LogP contribution in [0.3, 0.4) is 0 Å². The van der Waals surface area contributed by atoms with Crippen molar-refractivity contribution in [2.45, 2.75) is 44.2 Å². The standard InChI is InChI=1S/C24H27N7O2/c1-31-20(29-19-6-3-12-25-22(19)31)11-13-26-23(33)18-5-2-4-15-14-27-24(30-21(15)18)28-16-7-9-17(32)10-8-16/h2-6,12,14,16-17,32H,7-11,13H2,1H3,(H,26,33)(H,27,28,30)/t16-,17-. The number of aryl methyl sites for hydroxylation is 1. The molecule has 3 N–H and O–H groups in total. The number of aliphatic hydroxyl groups excluding tert-OH is 1. The van der Waals surface area contributed by atoms with Gasteiger partial charge in [-0.05, 0) is 43.9 Å². The van der Waals surface area contributed by atoms with Crippen molar-refractivity contribution in [3.8, 4) is 0 Å². The van der Waals surface area contributed by atoms with Crippen LogP contribution in [-0.2, 0) is 13.5 Å². The molecule has 1 fully saturated rings. The monoisotopic (exact) mass is 445 g/mol. The van der Waals surface area contributed by atoms with Crippen molar-refractivity contribution in [2.24, 2.45) is 7.05 Å². The molecule has 1 aliphatic rings. The molecule has 0 bridgehead atoms. The first-order chi connectivity index (χ1) is 16.1. The number of benzene rings is 1. The smallest absolute Gasteiger partial charge is 0.253 e. The second kappa shape index (κ2) is 9.11. The quantitative estimate of drug-likeness (QED) is 0.417. The molecule has 0 atom stereocenters. The van der Waals surface area contributed by atoms with Crippen molar-refractivity contribution in [3.05, 3.63) is 54.1 Å². The van der Waals surface area contributed by atoms with Crippen LogP contribution >= 0.6 is 0 Å². The summed E-state index contributed by atoms with van der Waals surface area (Å²) in [6.07, 6.45) is 7.19. The predicted octanol–water partition coefficient (Wildman–Crippen LogP) is 2.60. The lowest BCUT2D eigenvalue weighted by Crippen LogP contribution is -2.29. The van der Waals surface area contributed by atoms with Gasteiger partial charge in [0.25, 0.3) is 5.91 Å². The maximum atomic E-state index is 13.0. The molecule has 9 heteroatoms. The fraction of sp³-hybridized carbons (Fsp3) is 0.375. The Kier molecular flexibility index (Phi) is 5.87. The maximum absolute atomic E-state index is 13.0. The van der Waals surface area contributed by atoms with Crippen LogP contribution in [0.25, 0.3) is 22.1 Å². The number of imidazole rings is 1. The Morgan fingerprint density at radius 3 is 2.79 bits per heavy atom. The van der Waals surface area contributed by atoms with Crippen LogP contribution in [0.4, 0.5) is 5.95 Å². The van der Waals surface area contributed by atoms with Gasteiger partial charge < -0.3 is 20.3 Å². The Morgan fingerprint density at radius 2 is 1.97 bits per heavy atom. The Balaban J connectivity index is 1.28. The van der Waals surface area contributed by atoms with Crippen molar-refractivity contribution < 1.29 is 9.90 Å². The highest BCUT2D eigenvalue weighted by atomic mass is 16.3. The van der Waals surface area contributed by atoms with Crippen LogP contribution in [0.2, 0.25) is 0 Å². The predicted molar refractivity (Wildman–Crippen MR) is 126 cm³/mol. The summed E-state index contributed by atoms with van der Waals surface area (Å²) in [6.45, 7) is 0.451. The van der Waals surface area contributed by atoms with Crippen LogP contribution in [0.15, 0.2) is 42.7 Å². The first-order valence-corrected chi connectivity index (χ1v) is 11.3. The number of nitrogens with one attached hydrogen (secondary N) is 2. The third-order valence-electron chi connectivity index (χ3n) is 6.24. The summed E-state index contributed by atoms with van der Waals surface area (Å²) in [5.74, 6) is 1.20. The summed E-state index contributed by atoms with van der Waals surface area (Å²) in [5, 5.41) is 16.9. The van der Waals surface area contributed by atoms with Crippen molar-refractivity contribution >= 4 is 33.9 Å². The number of hydrogen-bond acceptors (Lipinski definition) is 7. The van der Waals surface area contributed by atoms with Crippen molar-refractivity contribution in [2.75, 3.05) is 11.9 Å². The maximum Gasteiger partial charge on any atom is 0.253 e. The molecule has 0 spiro atoms. The SMILES string of the molecule is Cn1c(CCNC(=O)c2cccc3cnc(N[C@H]4CC[C@H](O)CC4)nc23)nc2cccnc21. The number of anilines is 1. The summed E-state index contributed by atoms with van der Waals surface area (Å²) < 4.78 is 1.95. The lowest BCUT2D eigenvalue weighted by molar-refractivity contribution is 0.0955. The van der Waals surface area contributed by atoms with Gasteiger partial charge in [0.1, 0.15) is 11.3 Å². The first kappa shape index (κ1) is 21.3. The van der Waals surface area contributed by atoms with Crippen LogP contribution in [0.5, 0.6) is 0 Å². The lowest BCUT2D eigenvalue weighted by atomic mass is 9.93. The van der Waals surface area contributed by atoms with Gasteiger partial charge in [-0.2, -0.15) is 0 Å². The summed E-state index contributed by atoms with van der Waals surface area (Å²) in [7, 11) is 1.93. The molecular formula is C24H27N7O2. The van der Waals surface area contributed by atoms with E-state index in [0.29, 0.717) is 30.0 Å². The van der Waals surface area contributed by atoms with Gasteiger partial charge in [0.2, 0.25) is 5.95 Å². The average Bonchev–Trinajstić information content (AvgIpc) is 3.15. The van der Waals surface area contributed by atoms with E-state index in [-0.39, 0.29) is 18.1 Å². The zero-order chi connectivity index (χ0) is 22.8. The molecule has 1 saturated carbocycles. The van der Waals surface area contributed by atoms with Gasteiger partial charge in [0.05, 0.1) is 17.2 Å². The van der Waals surface area contributed by atoms with Gasteiger partial charge in [-0.1, -0.05) is 12.1 Å². The van der Waals surface area contributed by atoms with E-state index in [1.54, 1.807) is 18.5 Å². The highest BCUT2D eigenvalue weighted by Gasteiger charge is 2.20. The van der Waals surface area contributed by atoms with Gasteiger partial charge in [0, 0.05) is 43.8 Å². The number of hydrogen-bond donors (Lipinski definition) is 3. The number of carbonyl (C=O) groups is 1.